The van der Waals surface area contributed by atoms with Crippen molar-refractivity contribution >= 4 is 15.7 Å². The third kappa shape index (κ3) is 3.95. The van der Waals surface area contributed by atoms with Gasteiger partial charge in [0.2, 0.25) is 10.0 Å². The summed E-state index contributed by atoms with van der Waals surface area (Å²) in [5.74, 6) is -0.693. The smallest absolute Gasteiger partial charge is 0.238 e. The van der Waals surface area contributed by atoms with Crippen molar-refractivity contribution in [2.75, 3.05) is 11.9 Å². The number of primary sulfonamides is 1. The molecule has 1 atom stereocenters. The lowest BCUT2D eigenvalue weighted by molar-refractivity contribution is 0.282. The minimum atomic E-state index is -3.89. The number of sulfonamides is 1. The molecular weight excluding hydrogens is 247 g/mol. The third-order valence-electron chi connectivity index (χ3n) is 2.23. The van der Waals surface area contributed by atoms with Crippen molar-refractivity contribution in [1.82, 2.24) is 0 Å². The fourth-order valence-corrected chi connectivity index (χ4v) is 1.85. The molecule has 1 aromatic carbocycles. The van der Waals surface area contributed by atoms with Crippen LogP contribution in [0.1, 0.15) is 13.3 Å². The molecule has 1 aromatic rings. The number of rotatable bonds is 5. The Morgan fingerprint density at radius 3 is 2.65 bits per heavy atom. The van der Waals surface area contributed by atoms with Gasteiger partial charge in [0.05, 0.1) is 10.6 Å². The van der Waals surface area contributed by atoms with Crippen molar-refractivity contribution < 1.29 is 17.9 Å². The van der Waals surface area contributed by atoms with E-state index in [0.717, 1.165) is 6.07 Å². The van der Waals surface area contributed by atoms with E-state index < -0.39 is 15.8 Å². The van der Waals surface area contributed by atoms with Gasteiger partial charge >= 0.3 is 0 Å². The average molecular weight is 262 g/mol. The predicted octanol–water partition coefficient (Wildman–Crippen LogP) is 0.656. The largest absolute Gasteiger partial charge is 0.396 e. The fraction of sp³-hybridized carbons (Fsp3) is 0.400. The maximum absolute atomic E-state index is 13.5. The molecule has 0 aliphatic heterocycles. The van der Waals surface area contributed by atoms with Crippen molar-refractivity contribution in [1.29, 1.82) is 0 Å². The zero-order chi connectivity index (χ0) is 13.1. The maximum atomic E-state index is 13.5. The lowest BCUT2D eigenvalue weighted by Crippen LogP contribution is -2.18. The molecule has 1 rings (SSSR count). The molecule has 7 heteroatoms. The molecule has 96 valence electrons. The van der Waals surface area contributed by atoms with Crippen molar-refractivity contribution in [3.8, 4) is 0 Å². The molecular formula is C10H15FN2O3S. The zero-order valence-corrected chi connectivity index (χ0v) is 10.2. The van der Waals surface area contributed by atoms with Gasteiger partial charge in [-0.2, -0.15) is 0 Å². The summed E-state index contributed by atoms with van der Waals surface area (Å²) >= 11 is 0. The van der Waals surface area contributed by atoms with Crippen LogP contribution < -0.4 is 10.5 Å². The molecule has 0 saturated heterocycles. The number of anilines is 1. The van der Waals surface area contributed by atoms with Crippen molar-refractivity contribution in [2.24, 2.45) is 5.14 Å². The highest BCUT2D eigenvalue weighted by Crippen LogP contribution is 2.19. The van der Waals surface area contributed by atoms with Crippen LogP contribution in [0, 0.1) is 5.82 Å². The molecule has 1 unspecified atom stereocenters. The molecule has 0 radical (unpaired) electrons. The summed E-state index contributed by atoms with van der Waals surface area (Å²) in [5, 5.41) is 16.4. The Labute approximate surface area is 99.5 Å². The second-order valence-electron chi connectivity index (χ2n) is 3.74. The summed E-state index contributed by atoms with van der Waals surface area (Å²) in [5.41, 5.74) is 0.179. The summed E-state index contributed by atoms with van der Waals surface area (Å²) in [7, 11) is -3.89. The number of hydrogen-bond acceptors (Lipinski definition) is 4. The zero-order valence-electron chi connectivity index (χ0n) is 9.35. The lowest BCUT2D eigenvalue weighted by atomic mass is 10.2. The fourth-order valence-electron chi connectivity index (χ4n) is 1.32. The summed E-state index contributed by atoms with van der Waals surface area (Å²) < 4.78 is 35.5. The molecule has 0 bridgehead atoms. The first-order valence-electron chi connectivity index (χ1n) is 5.04. The van der Waals surface area contributed by atoms with Crippen molar-refractivity contribution in [2.45, 2.75) is 24.3 Å². The average Bonchev–Trinajstić information content (AvgIpc) is 2.20. The van der Waals surface area contributed by atoms with Crippen LogP contribution in [0.4, 0.5) is 10.1 Å². The Balaban J connectivity index is 2.91. The highest BCUT2D eigenvalue weighted by molar-refractivity contribution is 7.89. The van der Waals surface area contributed by atoms with Gasteiger partial charge in [-0.25, -0.2) is 17.9 Å². The van der Waals surface area contributed by atoms with Gasteiger partial charge in [-0.05, 0) is 31.5 Å². The molecule has 5 nitrogen and oxygen atoms in total. The van der Waals surface area contributed by atoms with E-state index >= 15 is 0 Å². The van der Waals surface area contributed by atoms with E-state index in [9.17, 15) is 12.8 Å². The summed E-state index contributed by atoms with van der Waals surface area (Å²) in [6.07, 6.45) is 0.469. The number of benzene rings is 1. The van der Waals surface area contributed by atoms with Crippen LogP contribution in [0.25, 0.3) is 0 Å². The van der Waals surface area contributed by atoms with Crippen LogP contribution in [0.3, 0.4) is 0 Å². The van der Waals surface area contributed by atoms with Gasteiger partial charge in [0.25, 0.3) is 0 Å². The SMILES string of the molecule is CC(CCO)Nc1ccc(S(N)(=O)=O)cc1F. The standard InChI is InChI=1S/C10H15FN2O3S/c1-7(4-5-14)13-10-3-2-8(6-9(10)11)17(12,15)16/h2-3,6-7,13-14H,4-5H2,1H3,(H2,12,15,16). The normalized spacial score (nSPS) is 13.4. The maximum Gasteiger partial charge on any atom is 0.238 e. The predicted molar refractivity (Wildman–Crippen MR) is 62.6 cm³/mol. The Kier molecular flexibility index (Phi) is 4.44. The molecule has 0 aliphatic carbocycles. The van der Waals surface area contributed by atoms with E-state index in [1.165, 1.54) is 12.1 Å². The molecule has 0 spiro atoms. The van der Waals surface area contributed by atoms with Crippen LogP contribution in [0.15, 0.2) is 23.1 Å². The molecule has 0 aliphatic rings. The molecule has 0 aromatic heterocycles. The minimum Gasteiger partial charge on any atom is -0.396 e. The number of aliphatic hydroxyl groups is 1. The lowest BCUT2D eigenvalue weighted by Gasteiger charge is -2.14. The summed E-state index contributed by atoms with van der Waals surface area (Å²) in [6, 6.07) is 3.29. The van der Waals surface area contributed by atoms with Crippen LogP contribution in [-0.2, 0) is 10.0 Å². The van der Waals surface area contributed by atoms with E-state index in [2.05, 4.69) is 5.32 Å². The number of halogens is 1. The van der Waals surface area contributed by atoms with Gasteiger partial charge in [-0.3, -0.25) is 0 Å². The molecule has 0 amide bonds. The first kappa shape index (κ1) is 13.9. The number of aliphatic hydroxyl groups excluding tert-OH is 1. The molecule has 0 fully saturated rings. The van der Waals surface area contributed by atoms with Gasteiger partial charge in [0.15, 0.2) is 0 Å². The first-order chi connectivity index (χ1) is 7.84. The van der Waals surface area contributed by atoms with Gasteiger partial charge in [-0.15, -0.1) is 0 Å². The van der Waals surface area contributed by atoms with Gasteiger partial charge < -0.3 is 10.4 Å². The second kappa shape index (κ2) is 5.44. The van der Waals surface area contributed by atoms with Gasteiger partial charge in [0, 0.05) is 12.6 Å². The van der Waals surface area contributed by atoms with E-state index in [0.29, 0.717) is 6.42 Å². The summed E-state index contributed by atoms with van der Waals surface area (Å²) in [4.78, 5) is -0.268. The number of nitrogens with one attached hydrogen (secondary N) is 1. The third-order valence-corrected chi connectivity index (χ3v) is 3.14. The van der Waals surface area contributed by atoms with E-state index in [1.807, 2.05) is 0 Å². The molecule has 0 saturated carbocycles. The monoisotopic (exact) mass is 262 g/mol. The number of nitrogens with two attached hydrogens (primary N) is 1. The van der Waals surface area contributed by atoms with Crippen molar-refractivity contribution in [3.63, 3.8) is 0 Å². The second-order valence-corrected chi connectivity index (χ2v) is 5.31. The van der Waals surface area contributed by atoms with Crippen molar-refractivity contribution in [3.05, 3.63) is 24.0 Å². The van der Waals surface area contributed by atoms with Crippen LogP contribution in [-0.4, -0.2) is 26.2 Å². The summed E-state index contributed by atoms with van der Waals surface area (Å²) in [6.45, 7) is 1.77. The Morgan fingerprint density at radius 1 is 1.53 bits per heavy atom. The van der Waals surface area contributed by atoms with Crippen LogP contribution in [0.2, 0.25) is 0 Å². The molecule has 4 N–H and O–H groups in total. The molecule has 17 heavy (non-hydrogen) atoms. The topological polar surface area (TPSA) is 92.4 Å². The van der Waals surface area contributed by atoms with E-state index in [4.69, 9.17) is 10.2 Å². The van der Waals surface area contributed by atoms with Gasteiger partial charge in [0.1, 0.15) is 5.82 Å². The Hall–Kier alpha value is -1.18. The first-order valence-corrected chi connectivity index (χ1v) is 6.59. The Morgan fingerprint density at radius 2 is 2.18 bits per heavy atom. The minimum absolute atomic E-state index is 0.00888. The number of hydrogen-bond donors (Lipinski definition) is 3. The Bertz CT molecular complexity index is 490. The van der Waals surface area contributed by atoms with Crippen LogP contribution in [0.5, 0.6) is 0 Å². The quantitative estimate of drug-likeness (QED) is 0.726. The van der Waals surface area contributed by atoms with Gasteiger partial charge in [-0.1, -0.05) is 0 Å². The van der Waals surface area contributed by atoms with E-state index in [1.54, 1.807) is 6.92 Å². The highest BCUT2D eigenvalue weighted by atomic mass is 32.2. The highest BCUT2D eigenvalue weighted by Gasteiger charge is 2.12. The van der Waals surface area contributed by atoms with E-state index in [-0.39, 0.29) is 23.2 Å². The van der Waals surface area contributed by atoms with Crippen LogP contribution >= 0.6 is 0 Å². The molecule has 0 heterocycles.